The minimum absolute atomic E-state index is 0.0395. The van der Waals surface area contributed by atoms with Crippen LogP contribution < -0.4 is 11.1 Å². The van der Waals surface area contributed by atoms with Gasteiger partial charge in [0, 0.05) is 25.4 Å². The summed E-state index contributed by atoms with van der Waals surface area (Å²) in [4.78, 5) is 15.9. The fourth-order valence-electron chi connectivity index (χ4n) is 1.91. The van der Waals surface area contributed by atoms with E-state index in [4.69, 9.17) is 10.2 Å². The summed E-state index contributed by atoms with van der Waals surface area (Å²) >= 11 is 0. The fraction of sp³-hybridized carbons (Fsp3) is 0.429. The molecule has 2 rings (SSSR count). The molecule has 0 fully saturated rings. The van der Waals surface area contributed by atoms with Crippen LogP contribution in [-0.2, 0) is 11.2 Å². The van der Waals surface area contributed by atoms with Gasteiger partial charge in [-0.2, -0.15) is 0 Å². The molecule has 5 heteroatoms. The number of amides is 1. The number of aryl methyl sites for hydroxylation is 1. The van der Waals surface area contributed by atoms with Gasteiger partial charge in [0.1, 0.15) is 5.52 Å². The van der Waals surface area contributed by atoms with E-state index in [1.165, 1.54) is 0 Å². The van der Waals surface area contributed by atoms with Crippen molar-refractivity contribution in [1.29, 1.82) is 0 Å². The van der Waals surface area contributed by atoms with Gasteiger partial charge in [0.2, 0.25) is 5.91 Å². The minimum atomic E-state index is -0.119. The summed E-state index contributed by atoms with van der Waals surface area (Å²) in [6.07, 6.45) is 0.922. The van der Waals surface area contributed by atoms with E-state index >= 15 is 0 Å². The van der Waals surface area contributed by atoms with Crippen molar-refractivity contribution in [1.82, 2.24) is 10.3 Å². The maximum absolute atomic E-state index is 11.4. The average molecular weight is 261 g/mol. The molecule has 0 aliphatic rings. The molecule has 1 atom stereocenters. The number of nitrogens with two attached hydrogens (primary N) is 1. The van der Waals surface area contributed by atoms with Gasteiger partial charge in [0.05, 0.1) is 0 Å². The Morgan fingerprint density at radius 3 is 3.00 bits per heavy atom. The molecule has 0 aliphatic heterocycles. The van der Waals surface area contributed by atoms with Crippen molar-refractivity contribution in [3.05, 3.63) is 29.7 Å². The zero-order valence-corrected chi connectivity index (χ0v) is 11.3. The molecule has 1 heterocycles. The Kier molecular flexibility index (Phi) is 4.16. The van der Waals surface area contributed by atoms with Crippen LogP contribution in [0.2, 0.25) is 0 Å². The molecule has 0 saturated heterocycles. The Morgan fingerprint density at radius 1 is 1.53 bits per heavy atom. The molecule has 0 bridgehead atoms. The summed E-state index contributed by atoms with van der Waals surface area (Å²) in [7, 11) is 0. The first kappa shape index (κ1) is 13.5. The number of benzene rings is 1. The van der Waals surface area contributed by atoms with Crippen LogP contribution in [0.1, 0.15) is 24.8 Å². The lowest BCUT2D eigenvalue weighted by atomic mass is 10.2. The van der Waals surface area contributed by atoms with E-state index in [-0.39, 0.29) is 11.9 Å². The van der Waals surface area contributed by atoms with Crippen molar-refractivity contribution >= 4 is 17.0 Å². The van der Waals surface area contributed by atoms with Crippen LogP contribution in [-0.4, -0.2) is 23.5 Å². The Bertz CT molecular complexity index is 575. The molecule has 1 aromatic carbocycles. The molecule has 1 amide bonds. The van der Waals surface area contributed by atoms with Gasteiger partial charge in [-0.1, -0.05) is 12.1 Å². The SMILES string of the molecule is Cc1cccc2oc(CCNC(=O)CC(C)N)nc12. The lowest BCUT2D eigenvalue weighted by molar-refractivity contribution is -0.121. The largest absolute Gasteiger partial charge is 0.441 e. The molecular weight excluding hydrogens is 242 g/mol. The highest BCUT2D eigenvalue weighted by Gasteiger charge is 2.08. The summed E-state index contributed by atoms with van der Waals surface area (Å²) in [6.45, 7) is 4.32. The van der Waals surface area contributed by atoms with Crippen LogP contribution in [0.5, 0.6) is 0 Å². The predicted octanol–water partition coefficient (Wildman–Crippen LogP) is 1.53. The lowest BCUT2D eigenvalue weighted by Crippen LogP contribution is -2.31. The molecule has 5 nitrogen and oxygen atoms in total. The summed E-state index contributed by atoms with van der Waals surface area (Å²) < 4.78 is 5.62. The van der Waals surface area contributed by atoms with Crippen molar-refractivity contribution in [2.24, 2.45) is 5.73 Å². The van der Waals surface area contributed by atoms with Gasteiger partial charge < -0.3 is 15.5 Å². The number of fused-ring (bicyclic) bond motifs is 1. The van der Waals surface area contributed by atoms with E-state index < -0.39 is 0 Å². The van der Waals surface area contributed by atoms with Crippen molar-refractivity contribution in [2.45, 2.75) is 32.7 Å². The van der Waals surface area contributed by atoms with E-state index in [0.717, 1.165) is 16.7 Å². The molecule has 3 N–H and O–H groups in total. The first-order valence-electron chi connectivity index (χ1n) is 6.43. The smallest absolute Gasteiger partial charge is 0.221 e. The fourth-order valence-corrected chi connectivity index (χ4v) is 1.91. The second-order valence-corrected chi connectivity index (χ2v) is 4.81. The number of rotatable bonds is 5. The predicted molar refractivity (Wildman–Crippen MR) is 73.7 cm³/mol. The molecule has 0 aliphatic carbocycles. The number of carbonyl (C=O) groups is 1. The first-order valence-corrected chi connectivity index (χ1v) is 6.43. The number of hydrogen-bond donors (Lipinski definition) is 2. The van der Waals surface area contributed by atoms with Gasteiger partial charge in [-0.3, -0.25) is 4.79 Å². The molecule has 2 aromatic rings. The van der Waals surface area contributed by atoms with Gasteiger partial charge in [0.15, 0.2) is 11.5 Å². The monoisotopic (exact) mass is 261 g/mol. The van der Waals surface area contributed by atoms with E-state index in [0.29, 0.717) is 25.3 Å². The minimum Gasteiger partial charge on any atom is -0.441 e. The van der Waals surface area contributed by atoms with E-state index in [1.54, 1.807) is 0 Å². The quantitative estimate of drug-likeness (QED) is 0.855. The molecule has 102 valence electrons. The number of para-hydroxylation sites is 1. The highest BCUT2D eigenvalue weighted by Crippen LogP contribution is 2.18. The van der Waals surface area contributed by atoms with Gasteiger partial charge in [-0.15, -0.1) is 0 Å². The van der Waals surface area contributed by atoms with Crippen LogP contribution in [0.3, 0.4) is 0 Å². The summed E-state index contributed by atoms with van der Waals surface area (Å²) in [5.41, 5.74) is 8.32. The molecule has 1 unspecified atom stereocenters. The third kappa shape index (κ3) is 3.54. The number of oxazole rings is 1. The van der Waals surface area contributed by atoms with Crippen molar-refractivity contribution < 1.29 is 9.21 Å². The van der Waals surface area contributed by atoms with Crippen molar-refractivity contribution in [2.75, 3.05) is 6.54 Å². The Morgan fingerprint density at radius 2 is 2.32 bits per heavy atom. The first-order chi connectivity index (χ1) is 9.06. The van der Waals surface area contributed by atoms with Crippen LogP contribution >= 0.6 is 0 Å². The van der Waals surface area contributed by atoms with Crippen LogP contribution in [0.25, 0.3) is 11.1 Å². The third-order valence-electron chi connectivity index (χ3n) is 2.83. The highest BCUT2D eigenvalue weighted by molar-refractivity contribution is 5.77. The normalized spacial score (nSPS) is 12.6. The lowest BCUT2D eigenvalue weighted by Gasteiger charge is -2.05. The second-order valence-electron chi connectivity index (χ2n) is 4.81. The van der Waals surface area contributed by atoms with Gasteiger partial charge in [-0.05, 0) is 25.5 Å². The van der Waals surface area contributed by atoms with Gasteiger partial charge in [-0.25, -0.2) is 4.98 Å². The molecule has 0 radical (unpaired) electrons. The number of nitrogens with zero attached hydrogens (tertiary/aromatic N) is 1. The Balaban J connectivity index is 1.92. The Hall–Kier alpha value is -1.88. The van der Waals surface area contributed by atoms with Crippen molar-refractivity contribution in [3.8, 4) is 0 Å². The number of nitrogens with one attached hydrogen (secondary N) is 1. The van der Waals surface area contributed by atoms with Crippen LogP contribution in [0.15, 0.2) is 22.6 Å². The second kappa shape index (κ2) is 5.84. The van der Waals surface area contributed by atoms with Crippen LogP contribution in [0.4, 0.5) is 0 Å². The summed E-state index contributed by atoms with van der Waals surface area (Å²) in [5.74, 6) is 0.604. The van der Waals surface area contributed by atoms with E-state index in [1.807, 2.05) is 32.0 Å². The zero-order chi connectivity index (χ0) is 13.8. The molecule has 0 saturated carbocycles. The molecular formula is C14H19N3O2. The molecule has 0 spiro atoms. The van der Waals surface area contributed by atoms with E-state index in [2.05, 4.69) is 10.3 Å². The van der Waals surface area contributed by atoms with Crippen molar-refractivity contribution in [3.63, 3.8) is 0 Å². The van der Waals surface area contributed by atoms with Gasteiger partial charge in [0.25, 0.3) is 0 Å². The summed E-state index contributed by atoms with van der Waals surface area (Å²) in [6, 6.07) is 5.72. The number of hydrogen-bond acceptors (Lipinski definition) is 4. The van der Waals surface area contributed by atoms with E-state index in [9.17, 15) is 4.79 Å². The maximum atomic E-state index is 11.4. The number of aromatic nitrogens is 1. The maximum Gasteiger partial charge on any atom is 0.221 e. The standard InChI is InChI=1S/C14H19N3O2/c1-9-4-3-5-11-14(9)17-13(19-11)6-7-16-12(18)8-10(2)15/h3-5,10H,6-8,15H2,1-2H3,(H,16,18). The van der Waals surface area contributed by atoms with Crippen LogP contribution in [0, 0.1) is 6.92 Å². The third-order valence-corrected chi connectivity index (χ3v) is 2.83. The Labute approximate surface area is 112 Å². The number of carbonyl (C=O) groups excluding carboxylic acids is 1. The van der Waals surface area contributed by atoms with Gasteiger partial charge >= 0.3 is 0 Å². The molecule has 19 heavy (non-hydrogen) atoms. The topological polar surface area (TPSA) is 81.2 Å². The summed E-state index contributed by atoms with van der Waals surface area (Å²) in [5, 5.41) is 2.80. The highest BCUT2D eigenvalue weighted by atomic mass is 16.3. The zero-order valence-electron chi connectivity index (χ0n) is 11.3. The average Bonchev–Trinajstić information content (AvgIpc) is 2.72. The molecule has 1 aromatic heterocycles.